The summed E-state index contributed by atoms with van der Waals surface area (Å²) in [5.41, 5.74) is -0.284. The Balaban J connectivity index is 1.48. The number of carbonyl (C=O) groups is 4. The predicted molar refractivity (Wildman–Crippen MR) is 169 cm³/mol. The van der Waals surface area contributed by atoms with Gasteiger partial charge >= 0.3 is 6.09 Å². The van der Waals surface area contributed by atoms with Gasteiger partial charge in [0, 0.05) is 19.3 Å². The number of imidazole rings is 1. The van der Waals surface area contributed by atoms with Crippen LogP contribution < -0.4 is 16.0 Å². The second-order valence-corrected chi connectivity index (χ2v) is 12.8. The van der Waals surface area contributed by atoms with Crippen molar-refractivity contribution < 1.29 is 28.7 Å². The highest BCUT2D eigenvalue weighted by molar-refractivity contribution is 5.98. The number of likely N-dealkylation sites (tertiary alicyclic amines) is 1. The third-order valence-electron chi connectivity index (χ3n) is 7.35. The van der Waals surface area contributed by atoms with Gasteiger partial charge in [-0.25, -0.2) is 9.78 Å². The van der Waals surface area contributed by atoms with Gasteiger partial charge in [0.25, 0.3) is 5.91 Å². The molecule has 1 aromatic heterocycles. The molecule has 1 aromatic carbocycles. The summed E-state index contributed by atoms with van der Waals surface area (Å²) in [4.78, 5) is 58.8. The molecule has 3 N–H and O–H groups in total. The van der Waals surface area contributed by atoms with E-state index in [-0.39, 0.29) is 24.9 Å². The lowest BCUT2D eigenvalue weighted by atomic mass is 9.95. The lowest BCUT2D eigenvalue weighted by molar-refractivity contribution is -0.137. The highest BCUT2D eigenvalue weighted by Crippen LogP contribution is 2.29. The predicted octanol–water partition coefficient (Wildman–Crippen LogP) is 3.88. The van der Waals surface area contributed by atoms with Crippen LogP contribution in [0, 0.1) is 0 Å². The van der Waals surface area contributed by atoms with Crippen molar-refractivity contribution in [2.75, 3.05) is 25.0 Å². The SMILES string of the molecule is CC(C)(C)OC(=O)NC(C)(C)C(=O)N[C@H](COCc1ccccc1)C(=O)Nc1cn(C(C(=O)N2CCC2)C2=CC=CCC2)cn1. The van der Waals surface area contributed by atoms with Crippen molar-refractivity contribution >= 4 is 29.6 Å². The normalized spacial score (nSPS) is 16.1. The number of carbonyl (C=O) groups excluding carboxylic acids is 4. The molecule has 0 saturated carbocycles. The lowest BCUT2D eigenvalue weighted by Gasteiger charge is -2.35. The van der Waals surface area contributed by atoms with Gasteiger partial charge in [0.2, 0.25) is 11.8 Å². The number of aromatic nitrogens is 2. The Morgan fingerprint density at radius 3 is 2.40 bits per heavy atom. The number of nitrogens with one attached hydrogen (secondary N) is 3. The average molecular weight is 621 g/mol. The summed E-state index contributed by atoms with van der Waals surface area (Å²) in [6.07, 6.45) is 10.9. The topological polar surface area (TPSA) is 144 Å². The van der Waals surface area contributed by atoms with Crippen molar-refractivity contribution in [1.29, 1.82) is 0 Å². The van der Waals surface area contributed by atoms with E-state index in [9.17, 15) is 19.2 Å². The molecule has 4 rings (SSSR count). The third kappa shape index (κ3) is 9.52. The van der Waals surface area contributed by atoms with Gasteiger partial charge in [-0.05, 0) is 65.0 Å². The molecule has 1 saturated heterocycles. The van der Waals surface area contributed by atoms with Crippen molar-refractivity contribution in [3.05, 3.63) is 72.2 Å². The first kappa shape index (κ1) is 33.4. The van der Waals surface area contributed by atoms with Gasteiger partial charge in [0.15, 0.2) is 5.82 Å². The summed E-state index contributed by atoms with van der Waals surface area (Å²) < 4.78 is 12.8. The number of hydrogen-bond donors (Lipinski definition) is 3. The second-order valence-electron chi connectivity index (χ2n) is 12.8. The number of nitrogens with zero attached hydrogens (tertiary/aromatic N) is 3. The standard InChI is InChI=1S/C33H44N6O6/c1-32(2,3)45-31(43)37-33(4,5)30(42)35-25(21-44-20-23-13-8-6-9-14-23)28(40)36-26-19-39(22-34-26)27(24-15-10-7-11-16-24)29(41)38-17-12-18-38/h6-10,13-15,19,22,25,27H,11-12,16-18,20-21H2,1-5H3,(H,35,42)(H,36,40)(H,37,43)/t25-,27?/m1/s1. The molecule has 2 heterocycles. The lowest BCUT2D eigenvalue weighted by Crippen LogP contribution is -2.59. The quantitative estimate of drug-likeness (QED) is 0.327. The largest absolute Gasteiger partial charge is 0.444 e. The van der Waals surface area contributed by atoms with Gasteiger partial charge in [0.05, 0.1) is 19.5 Å². The summed E-state index contributed by atoms with van der Waals surface area (Å²) >= 11 is 0. The molecule has 1 unspecified atom stereocenters. The first-order valence-corrected chi connectivity index (χ1v) is 15.2. The van der Waals surface area contributed by atoms with Crippen LogP contribution in [0.2, 0.25) is 0 Å². The Kier molecular flexibility index (Phi) is 10.8. The van der Waals surface area contributed by atoms with Gasteiger partial charge < -0.3 is 34.9 Å². The molecule has 2 aliphatic rings. The molecular weight excluding hydrogens is 576 g/mol. The zero-order valence-electron chi connectivity index (χ0n) is 26.7. The molecule has 45 heavy (non-hydrogen) atoms. The first-order chi connectivity index (χ1) is 21.3. The zero-order valence-corrected chi connectivity index (χ0v) is 26.7. The minimum Gasteiger partial charge on any atom is -0.444 e. The van der Waals surface area contributed by atoms with Gasteiger partial charge in [-0.1, -0.05) is 48.6 Å². The molecule has 12 nitrogen and oxygen atoms in total. The van der Waals surface area contributed by atoms with Crippen LogP contribution >= 0.6 is 0 Å². The fourth-order valence-corrected chi connectivity index (χ4v) is 4.80. The van der Waals surface area contributed by atoms with E-state index in [0.29, 0.717) is 0 Å². The van der Waals surface area contributed by atoms with Gasteiger partial charge in [-0.3, -0.25) is 14.4 Å². The van der Waals surface area contributed by atoms with Crippen LogP contribution in [-0.4, -0.2) is 75.1 Å². The molecule has 1 aliphatic carbocycles. The Labute approximate surface area is 264 Å². The van der Waals surface area contributed by atoms with Crippen LogP contribution in [0.3, 0.4) is 0 Å². The molecule has 1 fully saturated rings. The van der Waals surface area contributed by atoms with Gasteiger partial charge in [-0.2, -0.15) is 0 Å². The molecule has 242 valence electrons. The summed E-state index contributed by atoms with van der Waals surface area (Å²) in [6.45, 7) is 9.70. The number of allylic oxidation sites excluding steroid dienone is 3. The minimum absolute atomic E-state index is 0.00255. The maximum absolute atomic E-state index is 13.5. The molecule has 0 spiro atoms. The van der Waals surface area contributed by atoms with E-state index < -0.39 is 41.1 Å². The Morgan fingerprint density at radius 1 is 1.04 bits per heavy atom. The maximum Gasteiger partial charge on any atom is 0.408 e. The van der Waals surface area contributed by atoms with E-state index in [0.717, 1.165) is 43.5 Å². The highest BCUT2D eigenvalue weighted by Gasteiger charge is 2.35. The number of anilines is 1. The fraction of sp³-hybridized carbons (Fsp3) is 0.485. The molecule has 1 aliphatic heterocycles. The van der Waals surface area contributed by atoms with Crippen molar-refractivity contribution in [2.24, 2.45) is 0 Å². The first-order valence-electron chi connectivity index (χ1n) is 15.2. The molecule has 12 heteroatoms. The van der Waals surface area contributed by atoms with Gasteiger partial charge in [0.1, 0.15) is 23.2 Å². The molecular formula is C33H44N6O6. The van der Waals surface area contributed by atoms with E-state index in [1.807, 2.05) is 47.4 Å². The summed E-state index contributed by atoms with van der Waals surface area (Å²) in [5, 5.41) is 8.02. The molecule has 4 amide bonds. The summed E-state index contributed by atoms with van der Waals surface area (Å²) in [7, 11) is 0. The fourth-order valence-electron chi connectivity index (χ4n) is 4.80. The highest BCUT2D eigenvalue weighted by atomic mass is 16.6. The van der Waals surface area contributed by atoms with Crippen LogP contribution in [0.1, 0.15) is 65.5 Å². The van der Waals surface area contributed by atoms with Crippen LogP contribution in [0.25, 0.3) is 0 Å². The molecule has 0 radical (unpaired) electrons. The van der Waals surface area contributed by atoms with E-state index >= 15 is 0 Å². The van der Waals surface area contributed by atoms with Crippen LogP contribution in [0.15, 0.2) is 66.7 Å². The van der Waals surface area contributed by atoms with Crippen LogP contribution in [0.5, 0.6) is 0 Å². The van der Waals surface area contributed by atoms with Crippen LogP contribution in [0.4, 0.5) is 10.6 Å². The van der Waals surface area contributed by atoms with E-state index in [1.54, 1.807) is 31.5 Å². The number of benzene rings is 1. The Morgan fingerprint density at radius 2 is 1.78 bits per heavy atom. The smallest absolute Gasteiger partial charge is 0.408 e. The van der Waals surface area contributed by atoms with E-state index in [1.165, 1.54) is 20.2 Å². The number of alkyl carbamates (subject to hydrolysis) is 1. The average Bonchev–Trinajstić information content (AvgIpc) is 3.39. The number of ether oxygens (including phenoxy) is 2. The molecule has 0 bridgehead atoms. The van der Waals surface area contributed by atoms with E-state index in [4.69, 9.17) is 9.47 Å². The van der Waals surface area contributed by atoms with E-state index in [2.05, 4.69) is 27.0 Å². The number of rotatable bonds is 12. The third-order valence-corrected chi connectivity index (χ3v) is 7.35. The zero-order chi connectivity index (χ0) is 32.6. The summed E-state index contributed by atoms with van der Waals surface area (Å²) in [6, 6.07) is 7.75. The molecule has 2 atom stereocenters. The van der Waals surface area contributed by atoms with Crippen molar-refractivity contribution in [3.8, 4) is 0 Å². The monoisotopic (exact) mass is 620 g/mol. The molecule has 2 aromatic rings. The number of hydrogen-bond acceptors (Lipinski definition) is 7. The van der Waals surface area contributed by atoms with Crippen molar-refractivity contribution in [3.63, 3.8) is 0 Å². The van der Waals surface area contributed by atoms with Crippen molar-refractivity contribution in [1.82, 2.24) is 25.1 Å². The summed E-state index contributed by atoms with van der Waals surface area (Å²) in [5.74, 6) is -0.959. The van der Waals surface area contributed by atoms with Crippen LogP contribution in [-0.2, 0) is 30.5 Å². The maximum atomic E-state index is 13.5. The second kappa shape index (κ2) is 14.6. The minimum atomic E-state index is -1.41. The van der Waals surface area contributed by atoms with Crippen molar-refractivity contribution in [2.45, 2.75) is 83.7 Å². The Hall–Kier alpha value is -4.45. The van der Waals surface area contributed by atoms with Gasteiger partial charge in [-0.15, -0.1) is 0 Å². The number of amides is 4. The Bertz CT molecular complexity index is 1420.